The van der Waals surface area contributed by atoms with Gasteiger partial charge in [-0.25, -0.2) is 9.78 Å². The summed E-state index contributed by atoms with van der Waals surface area (Å²) in [6.45, 7) is 5.40. The molecule has 1 saturated heterocycles. The molecule has 0 bridgehead atoms. The van der Waals surface area contributed by atoms with Gasteiger partial charge in [-0.2, -0.15) is 0 Å². The maximum Gasteiger partial charge on any atom is 0.337 e. The lowest BCUT2D eigenvalue weighted by Crippen LogP contribution is -2.31. The van der Waals surface area contributed by atoms with Crippen molar-refractivity contribution >= 4 is 17.0 Å². The summed E-state index contributed by atoms with van der Waals surface area (Å²) >= 11 is 0. The molecule has 1 aliphatic heterocycles. The maximum atomic E-state index is 11.3. The SMILES string of the molecule is Cc1nc2c(C(=O)O)cccc2n1C1(C)CCOC1. The smallest absolute Gasteiger partial charge is 0.337 e. The molecule has 2 heterocycles. The van der Waals surface area contributed by atoms with E-state index in [1.807, 2.05) is 13.0 Å². The first-order chi connectivity index (χ1) is 9.03. The van der Waals surface area contributed by atoms with Crippen LogP contribution in [0.25, 0.3) is 11.0 Å². The third-order valence-electron chi connectivity index (χ3n) is 3.82. The summed E-state index contributed by atoms with van der Waals surface area (Å²) < 4.78 is 7.61. The molecular formula is C14H16N2O3. The van der Waals surface area contributed by atoms with Crippen LogP contribution in [-0.4, -0.2) is 33.8 Å². The average Bonchev–Trinajstić information content (AvgIpc) is 2.91. The number of fused-ring (bicyclic) bond motifs is 1. The Morgan fingerprint density at radius 2 is 2.32 bits per heavy atom. The lowest BCUT2D eigenvalue weighted by molar-refractivity contribution is 0.0699. The molecule has 0 aliphatic carbocycles. The van der Waals surface area contributed by atoms with E-state index in [1.54, 1.807) is 12.1 Å². The van der Waals surface area contributed by atoms with Crippen molar-refractivity contribution < 1.29 is 14.6 Å². The highest BCUT2D eigenvalue weighted by atomic mass is 16.5. The Morgan fingerprint density at radius 3 is 2.95 bits per heavy atom. The topological polar surface area (TPSA) is 64.3 Å². The number of nitrogens with zero attached hydrogens (tertiary/aromatic N) is 2. The number of aryl methyl sites for hydroxylation is 1. The molecule has 0 saturated carbocycles. The molecule has 1 aliphatic rings. The van der Waals surface area contributed by atoms with Crippen molar-refractivity contribution in [1.29, 1.82) is 0 Å². The molecule has 100 valence electrons. The Bertz CT molecular complexity index is 654. The van der Waals surface area contributed by atoms with E-state index in [1.165, 1.54) is 0 Å². The van der Waals surface area contributed by atoms with Gasteiger partial charge in [-0.3, -0.25) is 0 Å². The Labute approximate surface area is 110 Å². The standard InChI is InChI=1S/C14H16N2O3/c1-9-15-12-10(13(17)18)4-3-5-11(12)16(9)14(2)6-7-19-8-14/h3-5H,6-8H2,1-2H3,(H,17,18). The van der Waals surface area contributed by atoms with E-state index < -0.39 is 5.97 Å². The van der Waals surface area contributed by atoms with Crippen molar-refractivity contribution in [2.45, 2.75) is 25.8 Å². The van der Waals surface area contributed by atoms with E-state index >= 15 is 0 Å². The van der Waals surface area contributed by atoms with Gasteiger partial charge in [0.1, 0.15) is 11.3 Å². The molecule has 19 heavy (non-hydrogen) atoms. The van der Waals surface area contributed by atoms with Gasteiger partial charge in [-0.05, 0) is 32.4 Å². The van der Waals surface area contributed by atoms with Crippen LogP contribution in [0.15, 0.2) is 18.2 Å². The fourth-order valence-electron chi connectivity index (χ4n) is 2.90. The van der Waals surface area contributed by atoms with E-state index in [4.69, 9.17) is 4.74 Å². The lowest BCUT2D eigenvalue weighted by atomic mass is 10.0. The van der Waals surface area contributed by atoms with Crippen LogP contribution in [0.3, 0.4) is 0 Å². The van der Waals surface area contributed by atoms with Gasteiger partial charge in [0, 0.05) is 6.61 Å². The first-order valence-corrected chi connectivity index (χ1v) is 6.32. The number of carbonyl (C=O) groups is 1. The van der Waals surface area contributed by atoms with E-state index in [0.717, 1.165) is 24.4 Å². The molecule has 1 unspecified atom stereocenters. The number of carboxylic acid groups (broad SMARTS) is 1. The summed E-state index contributed by atoms with van der Waals surface area (Å²) in [5.41, 5.74) is 1.53. The zero-order chi connectivity index (χ0) is 13.6. The Hall–Kier alpha value is -1.88. The molecule has 3 rings (SSSR count). The zero-order valence-corrected chi connectivity index (χ0v) is 11.0. The van der Waals surface area contributed by atoms with Gasteiger partial charge in [-0.1, -0.05) is 6.07 Å². The van der Waals surface area contributed by atoms with Crippen LogP contribution in [0.1, 0.15) is 29.5 Å². The molecule has 2 aromatic rings. The Balaban J connectivity index is 2.29. The van der Waals surface area contributed by atoms with Gasteiger partial charge in [0.15, 0.2) is 0 Å². The Kier molecular flexibility index (Phi) is 2.60. The van der Waals surface area contributed by atoms with Crippen LogP contribution in [0.4, 0.5) is 0 Å². The fraction of sp³-hybridized carbons (Fsp3) is 0.429. The normalized spacial score (nSPS) is 23.1. The van der Waals surface area contributed by atoms with Crippen molar-refractivity contribution in [3.8, 4) is 0 Å². The summed E-state index contributed by atoms with van der Waals surface area (Å²) in [4.78, 5) is 15.7. The molecule has 5 nitrogen and oxygen atoms in total. The predicted molar refractivity (Wildman–Crippen MR) is 70.5 cm³/mol. The van der Waals surface area contributed by atoms with Gasteiger partial charge < -0.3 is 14.4 Å². The first kappa shape index (κ1) is 12.2. The number of hydrogen-bond donors (Lipinski definition) is 1. The summed E-state index contributed by atoms with van der Waals surface area (Å²) in [6, 6.07) is 5.28. The second-order valence-electron chi connectivity index (χ2n) is 5.27. The van der Waals surface area contributed by atoms with Crippen molar-refractivity contribution in [1.82, 2.24) is 9.55 Å². The van der Waals surface area contributed by atoms with Crippen LogP contribution in [0, 0.1) is 6.92 Å². The first-order valence-electron chi connectivity index (χ1n) is 6.32. The molecule has 5 heteroatoms. The third kappa shape index (κ3) is 1.73. The fourth-order valence-corrected chi connectivity index (χ4v) is 2.90. The molecule has 1 atom stereocenters. The van der Waals surface area contributed by atoms with E-state index in [2.05, 4.69) is 16.5 Å². The average molecular weight is 260 g/mol. The van der Waals surface area contributed by atoms with E-state index in [-0.39, 0.29) is 11.1 Å². The van der Waals surface area contributed by atoms with Gasteiger partial charge in [0.2, 0.25) is 0 Å². The highest BCUT2D eigenvalue weighted by molar-refractivity contribution is 6.01. The van der Waals surface area contributed by atoms with Crippen LogP contribution >= 0.6 is 0 Å². The quantitative estimate of drug-likeness (QED) is 0.898. The van der Waals surface area contributed by atoms with E-state index in [9.17, 15) is 9.90 Å². The van der Waals surface area contributed by atoms with Gasteiger partial charge in [0.05, 0.1) is 23.2 Å². The minimum Gasteiger partial charge on any atom is -0.478 e. The van der Waals surface area contributed by atoms with Crippen molar-refractivity contribution in [3.05, 3.63) is 29.6 Å². The van der Waals surface area contributed by atoms with E-state index in [0.29, 0.717) is 12.1 Å². The number of hydrogen-bond acceptors (Lipinski definition) is 3. The van der Waals surface area contributed by atoms with Crippen molar-refractivity contribution in [2.75, 3.05) is 13.2 Å². The van der Waals surface area contributed by atoms with Crippen LogP contribution in [0.5, 0.6) is 0 Å². The number of aromatic nitrogens is 2. The summed E-state index contributed by atoms with van der Waals surface area (Å²) in [6.07, 6.45) is 0.913. The number of imidazole rings is 1. The minimum absolute atomic E-state index is 0.143. The molecule has 1 aromatic carbocycles. The second kappa shape index (κ2) is 4.06. The molecular weight excluding hydrogens is 244 g/mol. The highest BCUT2D eigenvalue weighted by Crippen LogP contribution is 2.33. The monoisotopic (exact) mass is 260 g/mol. The van der Waals surface area contributed by atoms with Gasteiger partial charge in [0.25, 0.3) is 0 Å². The van der Waals surface area contributed by atoms with Crippen LogP contribution < -0.4 is 0 Å². The van der Waals surface area contributed by atoms with Crippen LogP contribution in [-0.2, 0) is 10.3 Å². The maximum absolute atomic E-state index is 11.3. The number of aromatic carboxylic acids is 1. The lowest BCUT2D eigenvalue weighted by Gasteiger charge is -2.26. The second-order valence-corrected chi connectivity index (χ2v) is 5.27. The zero-order valence-electron chi connectivity index (χ0n) is 11.0. The van der Waals surface area contributed by atoms with Gasteiger partial charge >= 0.3 is 5.97 Å². The number of para-hydroxylation sites is 1. The summed E-state index contributed by atoms with van der Waals surface area (Å²) in [5, 5.41) is 9.24. The molecule has 0 radical (unpaired) electrons. The number of carboxylic acids is 1. The molecule has 1 fully saturated rings. The predicted octanol–water partition coefficient (Wildman–Crippen LogP) is 2.18. The molecule has 0 amide bonds. The number of benzene rings is 1. The third-order valence-corrected chi connectivity index (χ3v) is 3.82. The number of rotatable bonds is 2. The summed E-state index contributed by atoms with van der Waals surface area (Å²) in [5.74, 6) is -0.111. The Morgan fingerprint density at radius 1 is 1.53 bits per heavy atom. The summed E-state index contributed by atoms with van der Waals surface area (Å²) in [7, 11) is 0. The minimum atomic E-state index is -0.942. The van der Waals surface area contributed by atoms with Crippen molar-refractivity contribution in [2.24, 2.45) is 0 Å². The largest absolute Gasteiger partial charge is 0.478 e. The highest BCUT2D eigenvalue weighted by Gasteiger charge is 2.34. The molecule has 1 aromatic heterocycles. The number of ether oxygens (including phenoxy) is 1. The van der Waals surface area contributed by atoms with Gasteiger partial charge in [-0.15, -0.1) is 0 Å². The molecule has 1 N–H and O–H groups in total. The molecule has 0 spiro atoms. The van der Waals surface area contributed by atoms with Crippen LogP contribution in [0.2, 0.25) is 0 Å². The van der Waals surface area contributed by atoms with Crippen molar-refractivity contribution in [3.63, 3.8) is 0 Å².